The van der Waals surface area contributed by atoms with E-state index in [-0.39, 0.29) is 0 Å². The van der Waals surface area contributed by atoms with Crippen molar-refractivity contribution >= 4 is 22.2 Å². The molecule has 0 aliphatic rings. The molecule has 0 amide bonds. The molecule has 5 heteroatoms. The van der Waals surface area contributed by atoms with Crippen molar-refractivity contribution < 1.29 is 4.74 Å². The lowest BCUT2D eigenvalue weighted by atomic mass is 10.1. The SMILES string of the molecule is COCCNCc1ccc2ccn(Cc3nccs3)c2c1. The minimum atomic E-state index is 0.739. The van der Waals surface area contributed by atoms with Gasteiger partial charge in [0.25, 0.3) is 0 Å². The summed E-state index contributed by atoms with van der Waals surface area (Å²) in [6.07, 6.45) is 3.99. The van der Waals surface area contributed by atoms with E-state index in [9.17, 15) is 0 Å². The first-order valence-corrected chi connectivity index (χ1v) is 7.90. The zero-order chi connectivity index (χ0) is 14.5. The Morgan fingerprint density at radius 2 is 2.29 bits per heavy atom. The molecule has 4 nitrogen and oxygen atoms in total. The first-order valence-electron chi connectivity index (χ1n) is 7.02. The topological polar surface area (TPSA) is 39.1 Å². The van der Waals surface area contributed by atoms with Gasteiger partial charge in [-0.05, 0) is 23.1 Å². The third kappa shape index (κ3) is 3.50. The predicted molar refractivity (Wildman–Crippen MR) is 86.7 cm³/mol. The molecule has 0 aliphatic carbocycles. The summed E-state index contributed by atoms with van der Waals surface area (Å²) in [5.74, 6) is 0. The number of fused-ring (bicyclic) bond motifs is 1. The lowest BCUT2D eigenvalue weighted by molar-refractivity contribution is 0.199. The van der Waals surface area contributed by atoms with Crippen LogP contribution in [0, 0.1) is 0 Å². The number of nitrogens with zero attached hydrogens (tertiary/aromatic N) is 2. The summed E-state index contributed by atoms with van der Waals surface area (Å²) in [6, 6.07) is 8.77. The molecule has 0 fully saturated rings. The summed E-state index contributed by atoms with van der Waals surface area (Å²) < 4.78 is 7.30. The minimum Gasteiger partial charge on any atom is -0.383 e. The molecule has 21 heavy (non-hydrogen) atoms. The highest BCUT2D eigenvalue weighted by atomic mass is 32.1. The minimum absolute atomic E-state index is 0.739. The van der Waals surface area contributed by atoms with E-state index < -0.39 is 0 Å². The molecule has 1 aromatic carbocycles. The predicted octanol–water partition coefficient (Wildman–Crippen LogP) is 2.88. The van der Waals surface area contributed by atoms with Crippen LogP contribution < -0.4 is 5.32 Å². The Balaban J connectivity index is 1.75. The van der Waals surface area contributed by atoms with Crippen molar-refractivity contribution in [1.82, 2.24) is 14.9 Å². The van der Waals surface area contributed by atoms with Crippen LogP contribution >= 0.6 is 11.3 Å². The molecular formula is C16H19N3OS. The van der Waals surface area contributed by atoms with Crippen LogP contribution in [0.25, 0.3) is 10.9 Å². The Morgan fingerprint density at radius 3 is 3.10 bits per heavy atom. The van der Waals surface area contributed by atoms with E-state index in [0.29, 0.717) is 0 Å². The molecule has 1 N–H and O–H groups in total. The van der Waals surface area contributed by atoms with Gasteiger partial charge >= 0.3 is 0 Å². The van der Waals surface area contributed by atoms with Crippen LogP contribution in [0.4, 0.5) is 0 Å². The molecule has 3 rings (SSSR count). The highest BCUT2D eigenvalue weighted by Crippen LogP contribution is 2.19. The first kappa shape index (κ1) is 14.3. The highest BCUT2D eigenvalue weighted by molar-refractivity contribution is 7.09. The lowest BCUT2D eigenvalue weighted by Crippen LogP contribution is -2.18. The van der Waals surface area contributed by atoms with Gasteiger partial charge < -0.3 is 14.6 Å². The number of methoxy groups -OCH3 is 1. The van der Waals surface area contributed by atoms with Gasteiger partial charge in [0.2, 0.25) is 0 Å². The maximum atomic E-state index is 5.04. The van der Waals surface area contributed by atoms with Crippen molar-refractivity contribution in [2.75, 3.05) is 20.3 Å². The summed E-state index contributed by atoms with van der Waals surface area (Å²) in [5.41, 5.74) is 2.55. The third-order valence-corrected chi connectivity index (χ3v) is 4.20. The van der Waals surface area contributed by atoms with E-state index in [1.165, 1.54) is 16.5 Å². The number of ether oxygens (including phenoxy) is 1. The molecule has 3 aromatic rings. The van der Waals surface area contributed by atoms with Crippen molar-refractivity contribution in [3.63, 3.8) is 0 Å². The van der Waals surface area contributed by atoms with Gasteiger partial charge in [-0.2, -0.15) is 0 Å². The van der Waals surface area contributed by atoms with Gasteiger partial charge in [0.1, 0.15) is 5.01 Å². The molecule has 110 valence electrons. The number of aromatic nitrogens is 2. The van der Waals surface area contributed by atoms with Crippen molar-refractivity contribution in [2.24, 2.45) is 0 Å². The number of thiazole rings is 1. The molecule has 0 spiro atoms. The maximum absolute atomic E-state index is 5.04. The molecule has 0 saturated carbocycles. The molecule has 0 bridgehead atoms. The van der Waals surface area contributed by atoms with Crippen molar-refractivity contribution in [2.45, 2.75) is 13.1 Å². The van der Waals surface area contributed by atoms with Crippen LogP contribution in [0.5, 0.6) is 0 Å². The summed E-state index contributed by atoms with van der Waals surface area (Å²) >= 11 is 1.70. The van der Waals surface area contributed by atoms with E-state index in [1.807, 2.05) is 11.6 Å². The largest absolute Gasteiger partial charge is 0.383 e. The van der Waals surface area contributed by atoms with E-state index in [1.54, 1.807) is 18.4 Å². The summed E-state index contributed by atoms with van der Waals surface area (Å²) in [4.78, 5) is 4.36. The van der Waals surface area contributed by atoms with E-state index in [0.717, 1.165) is 31.2 Å². The molecule has 2 heterocycles. The molecular weight excluding hydrogens is 282 g/mol. The summed E-state index contributed by atoms with van der Waals surface area (Å²) in [5, 5.41) is 7.81. The highest BCUT2D eigenvalue weighted by Gasteiger charge is 2.04. The number of nitrogens with one attached hydrogen (secondary N) is 1. The van der Waals surface area contributed by atoms with Crippen molar-refractivity contribution in [3.05, 3.63) is 52.6 Å². The van der Waals surface area contributed by atoms with Gasteiger partial charge in [-0.15, -0.1) is 11.3 Å². The van der Waals surface area contributed by atoms with Gasteiger partial charge in [-0.25, -0.2) is 4.98 Å². The van der Waals surface area contributed by atoms with Gasteiger partial charge in [0, 0.05) is 43.5 Å². The van der Waals surface area contributed by atoms with Crippen LogP contribution in [0.3, 0.4) is 0 Å². The average Bonchev–Trinajstić information content (AvgIpc) is 3.14. The molecule has 0 saturated heterocycles. The van der Waals surface area contributed by atoms with E-state index >= 15 is 0 Å². The van der Waals surface area contributed by atoms with Crippen LogP contribution in [0.15, 0.2) is 42.0 Å². The Kier molecular flexibility index (Phi) is 4.65. The summed E-state index contributed by atoms with van der Waals surface area (Å²) in [6.45, 7) is 3.31. The molecule has 0 atom stereocenters. The fourth-order valence-electron chi connectivity index (χ4n) is 2.36. The second-order valence-corrected chi connectivity index (χ2v) is 5.91. The lowest BCUT2D eigenvalue weighted by Gasteiger charge is -2.07. The Labute approximate surface area is 128 Å². The monoisotopic (exact) mass is 301 g/mol. The van der Waals surface area contributed by atoms with E-state index in [4.69, 9.17) is 4.74 Å². The average molecular weight is 301 g/mol. The zero-order valence-corrected chi connectivity index (χ0v) is 12.9. The van der Waals surface area contributed by atoms with Gasteiger partial charge in [0.05, 0.1) is 13.2 Å². The standard InChI is InChI=1S/C16H19N3OS/c1-20-8-5-17-11-13-2-3-14-4-7-19(15(14)10-13)12-16-18-6-9-21-16/h2-4,6-7,9-10,17H,5,8,11-12H2,1H3. The van der Waals surface area contributed by atoms with Crippen LogP contribution in [0.1, 0.15) is 10.6 Å². The van der Waals surface area contributed by atoms with Crippen molar-refractivity contribution in [1.29, 1.82) is 0 Å². The second-order valence-electron chi connectivity index (χ2n) is 4.93. The van der Waals surface area contributed by atoms with Crippen LogP contribution in [-0.2, 0) is 17.8 Å². The smallest absolute Gasteiger partial charge is 0.112 e. The van der Waals surface area contributed by atoms with Gasteiger partial charge in [0.15, 0.2) is 0 Å². The van der Waals surface area contributed by atoms with Crippen molar-refractivity contribution in [3.8, 4) is 0 Å². The van der Waals surface area contributed by atoms with E-state index in [2.05, 4.69) is 45.3 Å². The quantitative estimate of drug-likeness (QED) is 0.682. The molecule has 0 unspecified atom stereocenters. The Hall–Kier alpha value is -1.69. The third-order valence-electron chi connectivity index (χ3n) is 3.44. The van der Waals surface area contributed by atoms with Crippen LogP contribution in [0.2, 0.25) is 0 Å². The van der Waals surface area contributed by atoms with Crippen LogP contribution in [-0.4, -0.2) is 29.8 Å². The van der Waals surface area contributed by atoms with Gasteiger partial charge in [-0.3, -0.25) is 0 Å². The van der Waals surface area contributed by atoms with Gasteiger partial charge in [-0.1, -0.05) is 12.1 Å². The number of benzene rings is 1. The number of hydrogen-bond acceptors (Lipinski definition) is 4. The maximum Gasteiger partial charge on any atom is 0.112 e. The first-order chi connectivity index (χ1) is 10.4. The Morgan fingerprint density at radius 1 is 1.33 bits per heavy atom. The normalized spacial score (nSPS) is 11.3. The molecule has 0 radical (unpaired) electrons. The Bertz CT molecular complexity index is 691. The number of hydrogen-bond donors (Lipinski definition) is 1. The second kappa shape index (κ2) is 6.85. The fourth-order valence-corrected chi connectivity index (χ4v) is 2.98. The number of rotatable bonds is 7. The summed E-state index contributed by atoms with van der Waals surface area (Å²) in [7, 11) is 1.72. The zero-order valence-electron chi connectivity index (χ0n) is 12.1. The fraction of sp³-hybridized carbons (Fsp3) is 0.312. The molecule has 0 aliphatic heterocycles. The molecule has 2 aromatic heterocycles.